The van der Waals surface area contributed by atoms with Gasteiger partial charge in [-0.15, -0.1) is 13.2 Å². The summed E-state index contributed by atoms with van der Waals surface area (Å²) < 4.78 is 40.2. The summed E-state index contributed by atoms with van der Waals surface area (Å²) in [6.07, 6.45) is 2.87. The van der Waals surface area contributed by atoms with Crippen LogP contribution in [0.5, 0.6) is 5.75 Å². The predicted molar refractivity (Wildman–Crippen MR) is 68.1 cm³/mol. The Bertz CT molecular complexity index is 443. The molecule has 0 bridgehead atoms. The summed E-state index contributed by atoms with van der Waals surface area (Å²) in [5.41, 5.74) is 0.649. The number of halogens is 3. The van der Waals surface area contributed by atoms with E-state index in [2.05, 4.69) is 22.2 Å². The molecule has 2 nitrogen and oxygen atoms in total. The Hall–Kier alpha value is -1.65. The largest absolute Gasteiger partial charge is 0.573 e. The monoisotopic (exact) mass is 271 g/mol. The standard InChI is InChI=1S/C14H16F3NO/c15-14(16,17)19-13-8-4-7-12(9-13)18-10-11-5-2-1-3-6-11/h1-2,4,7-9,11,18H,3,5-6,10H2. The van der Waals surface area contributed by atoms with Crippen LogP contribution < -0.4 is 10.1 Å². The number of allylic oxidation sites excluding steroid dienone is 2. The van der Waals surface area contributed by atoms with Gasteiger partial charge in [-0.1, -0.05) is 18.2 Å². The SMILES string of the molecule is FC(F)(F)Oc1cccc(NCC2CC=CCC2)c1. The van der Waals surface area contributed by atoms with E-state index in [0.717, 1.165) is 25.8 Å². The van der Waals surface area contributed by atoms with Crippen molar-refractivity contribution in [3.8, 4) is 5.75 Å². The highest BCUT2D eigenvalue weighted by atomic mass is 19.4. The van der Waals surface area contributed by atoms with Crippen LogP contribution in [0.3, 0.4) is 0 Å². The predicted octanol–water partition coefficient (Wildman–Crippen LogP) is 4.35. The van der Waals surface area contributed by atoms with Gasteiger partial charge in [0.25, 0.3) is 0 Å². The smallest absolute Gasteiger partial charge is 0.406 e. The number of ether oxygens (including phenoxy) is 1. The summed E-state index contributed by atoms with van der Waals surface area (Å²) in [7, 11) is 0. The zero-order valence-corrected chi connectivity index (χ0v) is 10.4. The van der Waals surface area contributed by atoms with Gasteiger partial charge in [-0.25, -0.2) is 0 Å². The van der Waals surface area contributed by atoms with Gasteiger partial charge in [-0.2, -0.15) is 0 Å². The molecule has 1 aliphatic rings. The number of hydrogen-bond donors (Lipinski definition) is 1. The fourth-order valence-corrected chi connectivity index (χ4v) is 2.11. The number of hydrogen-bond acceptors (Lipinski definition) is 2. The summed E-state index contributed by atoms with van der Waals surface area (Å²) >= 11 is 0. The van der Waals surface area contributed by atoms with Gasteiger partial charge < -0.3 is 10.1 Å². The van der Waals surface area contributed by atoms with Gasteiger partial charge in [-0.3, -0.25) is 0 Å². The van der Waals surface area contributed by atoms with E-state index in [1.165, 1.54) is 12.1 Å². The Morgan fingerprint density at radius 2 is 2.11 bits per heavy atom. The third-order valence-electron chi connectivity index (χ3n) is 3.04. The van der Waals surface area contributed by atoms with E-state index in [9.17, 15) is 13.2 Å². The zero-order chi connectivity index (χ0) is 13.7. The van der Waals surface area contributed by atoms with Crippen molar-refractivity contribution in [2.75, 3.05) is 11.9 Å². The molecule has 0 amide bonds. The molecule has 1 aromatic carbocycles. The molecule has 2 rings (SSSR count). The van der Waals surface area contributed by atoms with Crippen LogP contribution in [-0.2, 0) is 0 Å². The molecule has 1 atom stereocenters. The van der Waals surface area contributed by atoms with E-state index in [1.807, 2.05) is 0 Å². The second-order valence-corrected chi connectivity index (χ2v) is 4.61. The van der Waals surface area contributed by atoms with Gasteiger partial charge in [-0.05, 0) is 37.3 Å². The Labute approximate surface area is 110 Å². The van der Waals surface area contributed by atoms with Gasteiger partial charge in [0.15, 0.2) is 0 Å². The Balaban J connectivity index is 1.89. The van der Waals surface area contributed by atoms with Crippen molar-refractivity contribution in [3.63, 3.8) is 0 Å². The van der Waals surface area contributed by atoms with E-state index >= 15 is 0 Å². The first-order valence-electron chi connectivity index (χ1n) is 6.27. The molecule has 1 aromatic rings. The van der Waals surface area contributed by atoms with Crippen molar-refractivity contribution in [1.82, 2.24) is 0 Å². The molecule has 0 fully saturated rings. The summed E-state index contributed by atoms with van der Waals surface area (Å²) in [6.45, 7) is 0.764. The lowest BCUT2D eigenvalue weighted by Gasteiger charge is -2.19. The third-order valence-corrected chi connectivity index (χ3v) is 3.04. The van der Waals surface area contributed by atoms with E-state index in [1.54, 1.807) is 12.1 Å². The molecule has 1 N–H and O–H groups in total. The van der Waals surface area contributed by atoms with E-state index in [0.29, 0.717) is 11.6 Å². The average molecular weight is 271 g/mol. The molecule has 0 radical (unpaired) electrons. The van der Waals surface area contributed by atoms with Crippen molar-refractivity contribution >= 4 is 5.69 Å². The van der Waals surface area contributed by atoms with Crippen molar-refractivity contribution < 1.29 is 17.9 Å². The Kier molecular flexibility index (Phi) is 4.35. The minimum absolute atomic E-state index is 0.193. The maximum absolute atomic E-state index is 12.1. The minimum Gasteiger partial charge on any atom is -0.406 e. The van der Waals surface area contributed by atoms with Crippen LogP contribution in [0.4, 0.5) is 18.9 Å². The molecular weight excluding hydrogens is 255 g/mol. The van der Waals surface area contributed by atoms with Gasteiger partial charge in [0.2, 0.25) is 0 Å². The Morgan fingerprint density at radius 3 is 2.79 bits per heavy atom. The molecule has 19 heavy (non-hydrogen) atoms. The quantitative estimate of drug-likeness (QED) is 0.822. The molecule has 1 aliphatic carbocycles. The second-order valence-electron chi connectivity index (χ2n) is 4.61. The number of anilines is 1. The first kappa shape index (κ1) is 13.8. The third kappa shape index (κ3) is 4.85. The summed E-state index contributed by atoms with van der Waals surface area (Å²) in [6, 6.07) is 5.94. The van der Waals surface area contributed by atoms with Crippen LogP contribution in [0.1, 0.15) is 19.3 Å². The van der Waals surface area contributed by atoms with Crippen molar-refractivity contribution in [2.24, 2.45) is 5.92 Å². The number of alkyl halides is 3. The van der Waals surface area contributed by atoms with E-state index in [4.69, 9.17) is 0 Å². The Morgan fingerprint density at radius 1 is 1.26 bits per heavy atom. The second kappa shape index (κ2) is 5.99. The highest BCUT2D eigenvalue weighted by Gasteiger charge is 2.31. The van der Waals surface area contributed by atoms with Crippen molar-refractivity contribution in [1.29, 1.82) is 0 Å². The normalized spacial score (nSPS) is 19.2. The molecule has 0 spiro atoms. The lowest BCUT2D eigenvalue weighted by atomic mass is 9.94. The molecule has 104 valence electrons. The minimum atomic E-state index is -4.65. The van der Waals surface area contributed by atoms with E-state index in [-0.39, 0.29) is 5.75 Å². The maximum Gasteiger partial charge on any atom is 0.573 e. The fraction of sp³-hybridized carbons (Fsp3) is 0.429. The molecule has 0 saturated heterocycles. The van der Waals surface area contributed by atoms with Gasteiger partial charge in [0.05, 0.1) is 0 Å². The topological polar surface area (TPSA) is 21.3 Å². The first-order valence-corrected chi connectivity index (χ1v) is 6.27. The van der Waals surface area contributed by atoms with Crippen LogP contribution >= 0.6 is 0 Å². The fourth-order valence-electron chi connectivity index (χ4n) is 2.11. The van der Waals surface area contributed by atoms with Gasteiger partial charge in [0, 0.05) is 18.3 Å². The lowest BCUT2D eigenvalue weighted by Crippen LogP contribution is -2.18. The zero-order valence-electron chi connectivity index (χ0n) is 10.4. The van der Waals surface area contributed by atoms with E-state index < -0.39 is 6.36 Å². The van der Waals surface area contributed by atoms with Crippen LogP contribution in [0, 0.1) is 5.92 Å². The average Bonchev–Trinajstić information content (AvgIpc) is 2.36. The highest BCUT2D eigenvalue weighted by molar-refractivity contribution is 5.48. The van der Waals surface area contributed by atoms with Crippen LogP contribution in [0.15, 0.2) is 36.4 Å². The molecular formula is C14H16F3NO. The molecule has 0 aliphatic heterocycles. The maximum atomic E-state index is 12.1. The molecule has 0 heterocycles. The molecule has 1 unspecified atom stereocenters. The summed E-state index contributed by atoms with van der Waals surface area (Å²) in [5, 5.41) is 3.16. The van der Waals surface area contributed by atoms with Gasteiger partial charge >= 0.3 is 6.36 Å². The first-order chi connectivity index (χ1) is 9.03. The number of rotatable bonds is 4. The van der Waals surface area contributed by atoms with Crippen LogP contribution in [0.25, 0.3) is 0 Å². The van der Waals surface area contributed by atoms with Crippen molar-refractivity contribution in [2.45, 2.75) is 25.6 Å². The lowest BCUT2D eigenvalue weighted by molar-refractivity contribution is -0.274. The highest BCUT2D eigenvalue weighted by Crippen LogP contribution is 2.25. The summed E-state index contributed by atoms with van der Waals surface area (Å²) in [5.74, 6) is 0.346. The molecule has 0 saturated carbocycles. The molecule has 5 heteroatoms. The molecule has 0 aromatic heterocycles. The van der Waals surface area contributed by atoms with Gasteiger partial charge in [0.1, 0.15) is 5.75 Å². The number of benzene rings is 1. The number of nitrogens with one attached hydrogen (secondary N) is 1. The van der Waals surface area contributed by atoms with Crippen LogP contribution in [-0.4, -0.2) is 12.9 Å². The summed E-state index contributed by atoms with van der Waals surface area (Å²) in [4.78, 5) is 0. The van der Waals surface area contributed by atoms with Crippen molar-refractivity contribution in [3.05, 3.63) is 36.4 Å². The van der Waals surface area contributed by atoms with Crippen LogP contribution in [0.2, 0.25) is 0 Å².